The summed E-state index contributed by atoms with van der Waals surface area (Å²) in [7, 11) is 5.93. The first-order valence-electron chi connectivity index (χ1n) is 6.07. The van der Waals surface area contributed by atoms with Crippen LogP contribution in [0.5, 0.6) is 0 Å². The van der Waals surface area contributed by atoms with Crippen LogP contribution in [0, 0.1) is 0 Å². The first-order chi connectivity index (χ1) is 9.16. The van der Waals surface area contributed by atoms with Crippen molar-refractivity contribution in [1.82, 2.24) is 19.5 Å². The third-order valence-electron chi connectivity index (χ3n) is 3.10. The maximum Gasteiger partial charge on any atom is 0.206 e. The van der Waals surface area contributed by atoms with Gasteiger partial charge in [0.15, 0.2) is 5.65 Å². The second-order valence-corrected chi connectivity index (χ2v) is 4.67. The fourth-order valence-electron chi connectivity index (χ4n) is 2.17. The molecule has 21 heavy (non-hydrogen) atoms. The summed E-state index contributed by atoms with van der Waals surface area (Å²) in [6.45, 7) is 0. The summed E-state index contributed by atoms with van der Waals surface area (Å²) in [6.07, 6.45) is 5.44. The molecule has 3 aromatic rings. The van der Waals surface area contributed by atoms with Crippen LogP contribution in [-0.2, 0) is 7.05 Å². The van der Waals surface area contributed by atoms with Crippen molar-refractivity contribution in [3.05, 3.63) is 36.8 Å². The molecule has 0 aliphatic carbocycles. The predicted molar refractivity (Wildman–Crippen MR) is 90.6 cm³/mol. The van der Waals surface area contributed by atoms with E-state index in [1.54, 1.807) is 12.4 Å². The van der Waals surface area contributed by atoms with Crippen LogP contribution in [0.1, 0.15) is 0 Å². The summed E-state index contributed by atoms with van der Waals surface area (Å²) in [5.74, 6) is 0.898. The SMILES string of the molecule is CN(C)c1nc2cc(-c3ccncc3)cnc2n1C.Cl.Cl. The molecule has 0 unspecified atom stereocenters. The maximum absolute atomic E-state index is 4.61. The van der Waals surface area contributed by atoms with Crippen molar-refractivity contribution in [1.29, 1.82) is 0 Å². The van der Waals surface area contributed by atoms with Crippen molar-refractivity contribution >= 4 is 41.9 Å². The summed E-state index contributed by atoms with van der Waals surface area (Å²) in [6, 6.07) is 6.00. The zero-order valence-corrected chi connectivity index (χ0v) is 13.6. The Balaban J connectivity index is 0.00000110. The number of anilines is 1. The molecule has 0 aliphatic rings. The van der Waals surface area contributed by atoms with Gasteiger partial charge in [-0.15, -0.1) is 24.8 Å². The first-order valence-corrected chi connectivity index (χ1v) is 6.07. The van der Waals surface area contributed by atoms with Crippen LogP contribution in [0.4, 0.5) is 5.95 Å². The number of aryl methyl sites for hydroxylation is 1. The van der Waals surface area contributed by atoms with Gasteiger partial charge in [-0.05, 0) is 23.8 Å². The van der Waals surface area contributed by atoms with Crippen LogP contribution in [0.2, 0.25) is 0 Å². The summed E-state index contributed by atoms with van der Waals surface area (Å²) in [5, 5.41) is 0. The largest absolute Gasteiger partial charge is 0.348 e. The Kier molecular flexibility index (Phi) is 5.52. The first kappa shape index (κ1) is 17.2. The monoisotopic (exact) mass is 325 g/mol. The summed E-state index contributed by atoms with van der Waals surface area (Å²) >= 11 is 0. The van der Waals surface area contributed by atoms with Gasteiger partial charge < -0.3 is 4.90 Å². The van der Waals surface area contributed by atoms with E-state index in [2.05, 4.69) is 21.0 Å². The number of nitrogens with zero attached hydrogens (tertiary/aromatic N) is 5. The van der Waals surface area contributed by atoms with E-state index in [1.807, 2.05) is 48.9 Å². The topological polar surface area (TPSA) is 46.8 Å². The highest BCUT2D eigenvalue weighted by molar-refractivity contribution is 5.85. The lowest BCUT2D eigenvalue weighted by Crippen LogP contribution is -2.13. The predicted octanol–water partition coefficient (Wildman–Crippen LogP) is 2.94. The van der Waals surface area contributed by atoms with Crippen LogP contribution >= 0.6 is 24.8 Å². The Morgan fingerprint density at radius 2 is 1.71 bits per heavy atom. The minimum absolute atomic E-state index is 0. The molecular weight excluding hydrogens is 309 g/mol. The van der Waals surface area contributed by atoms with E-state index in [-0.39, 0.29) is 24.8 Å². The highest BCUT2D eigenvalue weighted by atomic mass is 35.5. The van der Waals surface area contributed by atoms with Crippen LogP contribution in [0.25, 0.3) is 22.3 Å². The van der Waals surface area contributed by atoms with E-state index in [4.69, 9.17) is 0 Å². The Morgan fingerprint density at radius 1 is 1.05 bits per heavy atom. The third-order valence-corrected chi connectivity index (χ3v) is 3.10. The van der Waals surface area contributed by atoms with Crippen molar-refractivity contribution in [2.24, 2.45) is 7.05 Å². The van der Waals surface area contributed by atoms with Crippen LogP contribution < -0.4 is 4.90 Å². The number of hydrogen-bond donors (Lipinski definition) is 0. The van der Waals surface area contributed by atoms with Gasteiger partial charge in [-0.3, -0.25) is 9.55 Å². The van der Waals surface area contributed by atoms with Gasteiger partial charge in [0.2, 0.25) is 5.95 Å². The minimum Gasteiger partial charge on any atom is -0.348 e. The molecule has 0 saturated heterocycles. The van der Waals surface area contributed by atoms with Crippen LogP contribution in [0.15, 0.2) is 36.8 Å². The smallest absolute Gasteiger partial charge is 0.206 e. The molecule has 3 rings (SSSR count). The zero-order valence-electron chi connectivity index (χ0n) is 12.0. The van der Waals surface area contributed by atoms with E-state index >= 15 is 0 Å². The van der Waals surface area contributed by atoms with Gasteiger partial charge in [0.1, 0.15) is 5.52 Å². The molecule has 0 spiro atoms. The van der Waals surface area contributed by atoms with Gasteiger partial charge >= 0.3 is 0 Å². The molecule has 0 saturated carbocycles. The number of fused-ring (bicyclic) bond motifs is 1. The molecule has 5 nitrogen and oxygen atoms in total. The molecular formula is C14H17Cl2N5. The normalized spacial score (nSPS) is 9.86. The van der Waals surface area contributed by atoms with Gasteiger partial charge in [0.05, 0.1) is 0 Å². The summed E-state index contributed by atoms with van der Waals surface area (Å²) < 4.78 is 1.99. The molecule has 0 aliphatic heterocycles. The molecule has 0 radical (unpaired) electrons. The van der Waals surface area contributed by atoms with Crippen molar-refractivity contribution in [3.63, 3.8) is 0 Å². The van der Waals surface area contributed by atoms with Gasteiger partial charge in [-0.25, -0.2) is 9.97 Å². The maximum atomic E-state index is 4.61. The fourth-order valence-corrected chi connectivity index (χ4v) is 2.17. The number of pyridine rings is 2. The number of hydrogen-bond acceptors (Lipinski definition) is 4. The number of rotatable bonds is 2. The number of halogens is 2. The van der Waals surface area contributed by atoms with Crippen molar-refractivity contribution < 1.29 is 0 Å². The molecule has 0 bridgehead atoms. The van der Waals surface area contributed by atoms with Gasteiger partial charge in [0, 0.05) is 45.3 Å². The standard InChI is InChI=1S/C14H15N5.2ClH/c1-18(2)14-17-12-8-11(9-16-13(12)19(14)3)10-4-6-15-7-5-10;;/h4-9H,1-3H3;2*1H. The molecule has 3 aromatic heterocycles. The van der Waals surface area contributed by atoms with Crippen molar-refractivity contribution in [2.75, 3.05) is 19.0 Å². The second-order valence-electron chi connectivity index (χ2n) is 4.67. The Morgan fingerprint density at radius 3 is 2.33 bits per heavy atom. The number of imidazole rings is 1. The Hall–Kier alpha value is -1.85. The van der Waals surface area contributed by atoms with E-state index < -0.39 is 0 Å². The lowest BCUT2D eigenvalue weighted by molar-refractivity contribution is 0.880. The zero-order chi connectivity index (χ0) is 13.4. The lowest BCUT2D eigenvalue weighted by Gasteiger charge is -2.10. The summed E-state index contributed by atoms with van der Waals surface area (Å²) in [4.78, 5) is 15.1. The quantitative estimate of drug-likeness (QED) is 0.726. The van der Waals surface area contributed by atoms with E-state index in [1.165, 1.54) is 0 Å². The van der Waals surface area contributed by atoms with Crippen LogP contribution in [0.3, 0.4) is 0 Å². The molecule has 0 amide bonds. The van der Waals surface area contributed by atoms with Crippen molar-refractivity contribution in [2.45, 2.75) is 0 Å². The molecule has 112 valence electrons. The Labute approximate surface area is 135 Å². The molecule has 0 aromatic carbocycles. The van der Waals surface area contributed by atoms with Gasteiger partial charge in [0.25, 0.3) is 0 Å². The molecule has 0 atom stereocenters. The van der Waals surface area contributed by atoms with Gasteiger partial charge in [-0.1, -0.05) is 0 Å². The number of aromatic nitrogens is 4. The molecule has 0 fully saturated rings. The van der Waals surface area contributed by atoms with Gasteiger partial charge in [-0.2, -0.15) is 0 Å². The van der Waals surface area contributed by atoms with Crippen LogP contribution in [-0.4, -0.2) is 33.6 Å². The third kappa shape index (κ3) is 3.09. The highest BCUT2D eigenvalue weighted by Crippen LogP contribution is 2.24. The average molecular weight is 326 g/mol. The minimum atomic E-state index is 0. The van der Waals surface area contributed by atoms with Crippen molar-refractivity contribution in [3.8, 4) is 11.1 Å². The molecule has 7 heteroatoms. The molecule has 3 heterocycles. The summed E-state index contributed by atoms with van der Waals surface area (Å²) in [5.41, 5.74) is 3.95. The van der Waals surface area contributed by atoms with E-state index in [0.717, 1.165) is 28.2 Å². The molecule has 0 N–H and O–H groups in total. The highest BCUT2D eigenvalue weighted by Gasteiger charge is 2.11. The average Bonchev–Trinajstić information content (AvgIpc) is 2.77. The Bertz CT molecular complexity index is 725. The van der Waals surface area contributed by atoms with E-state index in [9.17, 15) is 0 Å². The fraction of sp³-hybridized carbons (Fsp3) is 0.214. The second kappa shape index (κ2) is 6.74. The lowest BCUT2D eigenvalue weighted by atomic mass is 10.1. The van der Waals surface area contributed by atoms with E-state index in [0.29, 0.717) is 0 Å².